The Morgan fingerprint density at radius 1 is 0.969 bits per heavy atom. The molecule has 3 aromatic carbocycles. The minimum Gasteiger partial charge on any atom is -0.369 e. The van der Waals surface area contributed by atoms with Gasteiger partial charge in [0.05, 0.1) is 10.4 Å². The topological polar surface area (TPSA) is 84.3 Å². The number of carbonyl (C=O) groups is 1. The first-order valence-electron chi connectivity index (χ1n) is 10.2. The SMILES string of the molecule is CC(=O)n1nc(S(=O)(=O)c2cccc3ccccc23)c2cc(N3CCNCC3)ccc21.Cl. The van der Waals surface area contributed by atoms with Gasteiger partial charge in [0.15, 0.2) is 5.03 Å². The molecule has 0 atom stereocenters. The number of hydrogen-bond acceptors (Lipinski definition) is 6. The number of piperazine rings is 1. The van der Waals surface area contributed by atoms with E-state index in [0.717, 1.165) is 37.3 Å². The van der Waals surface area contributed by atoms with Crippen LogP contribution >= 0.6 is 12.4 Å². The number of halogens is 1. The van der Waals surface area contributed by atoms with Crippen LogP contribution in [-0.2, 0) is 9.84 Å². The van der Waals surface area contributed by atoms with E-state index in [2.05, 4.69) is 15.3 Å². The zero-order valence-electron chi connectivity index (χ0n) is 17.5. The Bertz CT molecular complexity index is 1420. The molecule has 0 bridgehead atoms. The van der Waals surface area contributed by atoms with E-state index in [4.69, 9.17) is 0 Å². The molecule has 1 aliphatic rings. The molecule has 7 nitrogen and oxygen atoms in total. The van der Waals surface area contributed by atoms with Crippen molar-refractivity contribution < 1.29 is 13.2 Å². The fraction of sp³-hybridized carbons (Fsp3) is 0.217. The van der Waals surface area contributed by atoms with Gasteiger partial charge in [-0.15, -0.1) is 12.4 Å². The zero-order valence-corrected chi connectivity index (χ0v) is 19.1. The van der Waals surface area contributed by atoms with Crippen LogP contribution in [0.4, 0.5) is 5.69 Å². The average molecular weight is 471 g/mol. The Hall–Kier alpha value is -2.94. The molecule has 1 aromatic heterocycles. The van der Waals surface area contributed by atoms with Crippen LogP contribution in [0.3, 0.4) is 0 Å². The summed E-state index contributed by atoms with van der Waals surface area (Å²) >= 11 is 0. The first-order valence-corrected chi connectivity index (χ1v) is 11.7. The Labute approximate surface area is 192 Å². The first-order chi connectivity index (χ1) is 15.0. The molecule has 1 N–H and O–H groups in total. The van der Waals surface area contributed by atoms with E-state index in [1.54, 1.807) is 24.3 Å². The summed E-state index contributed by atoms with van der Waals surface area (Å²) in [6, 6.07) is 18.1. The number of hydrogen-bond donors (Lipinski definition) is 1. The summed E-state index contributed by atoms with van der Waals surface area (Å²) in [5.41, 5.74) is 1.41. The number of benzene rings is 3. The molecule has 0 unspecified atom stereocenters. The number of nitrogens with one attached hydrogen (secondary N) is 1. The number of carbonyl (C=O) groups excluding carboxylic acids is 1. The van der Waals surface area contributed by atoms with Crippen molar-refractivity contribution >= 4 is 55.5 Å². The highest BCUT2D eigenvalue weighted by Crippen LogP contribution is 2.33. The molecule has 0 amide bonds. The van der Waals surface area contributed by atoms with Gasteiger partial charge in [0.1, 0.15) is 0 Å². The quantitative estimate of drug-likeness (QED) is 0.493. The van der Waals surface area contributed by atoms with Crippen LogP contribution in [0.5, 0.6) is 0 Å². The van der Waals surface area contributed by atoms with E-state index in [1.807, 2.05) is 36.4 Å². The summed E-state index contributed by atoms with van der Waals surface area (Å²) in [6.45, 7) is 4.78. The second kappa shape index (κ2) is 8.54. The van der Waals surface area contributed by atoms with Crippen LogP contribution in [0, 0.1) is 0 Å². The molecule has 1 aliphatic heterocycles. The Kier molecular flexibility index (Phi) is 5.94. The van der Waals surface area contributed by atoms with E-state index >= 15 is 0 Å². The monoisotopic (exact) mass is 470 g/mol. The maximum absolute atomic E-state index is 13.8. The van der Waals surface area contributed by atoms with Gasteiger partial charge in [0.2, 0.25) is 15.7 Å². The number of fused-ring (bicyclic) bond motifs is 2. The zero-order chi connectivity index (χ0) is 21.6. The fourth-order valence-corrected chi connectivity index (χ4v) is 5.75. The second-order valence-corrected chi connectivity index (χ2v) is 9.49. The fourth-order valence-electron chi connectivity index (χ4n) is 4.17. The number of sulfone groups is 1. The summed E-state index contributed by atoms with van der Waals surface area (Å²) in [4.78, 5) is 14.6. The van der Waals surface area contributed by atoms with Gasteiger partial charge in [-0.3, -0.25) is 4.79 Å². The summed E-state index contributed by atoms with van der Waals surface area (Å²) < 4.78 is 28.7. The number of aromatic nitrogens is 2. The molecule has 0 saturated carbocycles. The third kappa shape index (κ3) is 3.64. The lowest BCUT2D eigenvalue weighted by atomic mass is 10.1. The largest absolute Gasteiger partial charge is 0.369 e. The predicted molar refractivity (Wildman–Crippen MR) is 128 cm³/mol. The van der Waals surface area contributed by atoms with Crippen LogP contribution in [0.2, 0.25) is 0 Å². The second-order valence-electron chi connectivity index (χ2n) is 7.66. The smallest absolute Gasteiger partial charge is 0.244 e. The highest BCUT2D eigenvalue weighted by Gasteiger charge is 2.28. The molecule has 0 radical (unpaired) electrons. The van der Waals surface area contributed by atoms with Gasteiger partial charge < -0.3 is 10.2 Å². The van der Waals surface area contributed by atoms with Crippen molar-refractivity contribution in [2.75, 3.05) is 31.1 Å². The number of anilines is 1. The Morgan fingerprint density at radius 3 is 2.44 bits per heavy atom. The highest BCUT2D eigenvalue weighted by molar-refractivity contribution is 7.91. The first kappa shape index (κ1) is 22.3. The maximum atomic E-state index is 13.8. The van der Waals surface area contributed by atoms with E-state index in [1.165, 1.54) is 11.6 Å². The van der Waals surface area contributed by atoms with Crippen LogP contribution in [0.25, 0.3) is 21.7 Å². The lowest BCUT2D eigenvalue weighted by Gasteiger charge is -2.29. The van der Waals surface area contributed by atoms with Crippen molar-refractivity contribution in [1.29, 1.82) is 0 Å². The third-order valence-corrected chi connectivity index (χ3v) is 7.45. The van der Waals surface area contributed by atoms with Crippen molar-refractivity contribution in [1.82, 2.24) is 15.1 Å². The van der Waals surface area contributed by atoms with Gasteiger partial charge in [0.25, 0.3) is 0 Å². The predicted octanol–water partition coefficient (Wildman–Crippen LogP) is 3.51. The minimum absolute atomic E-state index is 0. The molecule has 2 heterocycles. The summed E-state index contributed by atoms with van der Waals surface area (Å²) in [5, 5.41) is 9.43. The van der Waals surface area contributed by atoms with E-state index in [0.29, 0.717) is 16.3 Å². The van der Waals surface area contributed by atoms with Crippen molar-refractivity contribution in [3.05, 3.63) is 60.7 Å². The standard InChI is InChI=1S/C23H22N4O3S.ClH/c1-16(28)27-21-10-9-18(26-13-11-24-12-14-26)15-20(21)23(25-27)31(29,30)22-8-4-6-17-5-2-3-7-19(17)22;/h2-10,15,24H,11-14H2,1H3;1H. The number of nitrogens with zero attached hydrogens (tertiary/aromatic N) is 3. The van der Waals surface area contributed by atoms with E-state index < -0.39 is 9.84 Å². The van der Waals surface area contributed by atoms with Crippen molar-refractivity contribution in [2.24, 2.45) is 0 Å². The molecule has 1 saturated heterocycles. The van der Waals surface area contributed by atoms with Crippen LogP contribution in [0.15, 0.2) is 70.6 Å². The van der Waals surface area contributed by atoms with E-state index in [-0.39, 0.29) is 28.2 Å². The summed E-state index contributed by atoms with van der Waals surface area (Å²) in [5.74, 6) is -0.334. The highest BCUT2D eigenvalue weighted by atomic mass is 35.5. The summed E-state index contributed by atoms with van der Waals surface area (Å²) in [6.07, 6.45) is 0. The van der Waals surface area contributed by atoms with Crippen LogP contribution < -0.4 is 10.2 Å². The molecule has 5 rings (SSSR count). The maximum Gasteiger partial charge on any atom is 0.244 e. The van der Waals surface area contributed by atoms with Gasteiger partial charge in [-0.2, -0.15) is 9.78 Å². The minimum atomic E-state index is -3.97. The summed E-state index contributed by atoms with van der Waals surface area (Å²) in [7, 11) is -3.97. The number of rotatable bonds is 3. The van der Waals surface area contributed by atoms with Gasteiger partial charge >= 0.3 is 0 Å². The molecule has 0 spiro atoms. The van der Waals surface area contributed by atoms with Crippen molar-refractivity contribution in [3.63, 3.8) is 0 Å². The van der Waals surface area contributed by atoms with E-state index in [9.17, 15) is 13.2 Å². The van der Waals surface area contributed by atoms with Crippen molar-refractivity contribution in [2.45, 2.75) is 16.8 Å². The normalized spacial score (nSPS) is 14.5. The molecular formula is C23H23ClN4O3S. The molecule has 0 aliphatic carbocycles. The van der Waals surface area contributed by atoms with Gasteiger partial charge in [-0.05, 0) is 29.7 Å². The molecule has 166 valence electrons. The molecule has 9 heteroatoms. The Morgan fingerprint density at radius 2 is 1.69 bits per heavy atom. The molecule has 4 aromatic rings. The molecule has 1 fully saturated rings. The van der Waals surface area contributed by atoms with Gasteiger partial charge in [0, 0.05) is 49.6 Å². The molecular weight excluding hydrogens is 448 g/mol. The Balaban J connectivity index is 0.00000245. The lowest BCUT2D eigenvalue weighted by molar-refractivity contribution is 0.0925. The molecule has 32 heavy (non-hydrogen) atoms. The average Bonchev–Trinajstić information content (AvgIpc) is 3.19. The van der Waals surface area contributed by atoms with Gasteiger partial charge in [-0.1, -0.05) is 36.4 Å². The lowest BCUT2D eigenvalue weighted by Crippen LogP contribution is -2.43. The van der Waals surface area contributed by atoms with Gasteiger partial charge in [-0.25, -0.2) is 8.42 Å². The third-order valence-electron chi connectivity index (χ3n) is 5.70. The van der Waals surface area contributed by atoms with Crippen molar-refractivity contribution in [3.8, 4) is 0 Å². The van der Waals surface area contributed by atoms with Crippen LogP contribution in [-0.4, -0.2) is 50.3 Å². The van der Waals surface area contributed by atoms with Crippen LogP contribution in [0.1, 0.15) is 11.7 Å².